The van der Waals surface area contributed by atoms with Crippen LogP contribution in [-0.2, 0) is 4.74 Å². The molecule has 11 nitrogen and oxygen atoms in total. The summed E-state index contributed by atoms with van der Waals surface area (Å²) in [7, 11) is 4.96. The van der Waals surface area contributed by atoms with Gasteiger partial charge in [0.25, 0.3) is 5.91 Å². The fraction of sp³-hybridized carbons (Fsp3) is 0.286. The molecule has 1 aliphatic rings. The van der Waals surface area contributed by atoms with Crippen LogP contribution in [0.3, 0.4) is 0 Å². The van der Waals surface area contributed by atoms with Crippen molar-refractivity contribution in [3.63, 3.8) is 0 Å². The maximum atomic E-state index is 12.4. The Morgan fingerprint density at radius 2 is 2.03 bits per heavy atom. The quantitative estimate of drug-likeness (QED) is 0.309. The van der Waals surface area contributed by atoms with Crippen LogP contribution in [0.4, 0.5) is 11.6 Å². The minimum atomic E-state index is -0.121. The highest BCUT2D eigenvalue weighted by atomic mass is 16.5. The number of hydrogen-bond donors (Lipinski definition) is 2. The first-order valence-electron chi connectivity index (χ1n) is 12.6. The molecule has 0 saturated carbocycles. The first kappa shape index (κ1) is 24.7. The first-order valence-corrected chi connectivity index (χ1v) is 12.6. The number of amides is 1. The number of nitrogens with zero attached hydrogens (tertiary/aromatic N) is 4. The maximum Gasteiger partial charge on any atom is 0.253 e. The van der Waals surface area contributed by atoms with E-state index in [0.717, 1.165) is 28.5 Å². The predicted molar refractivity (Wildman–Crippen MR) is 146 cm³/mol. The standard InChI is InChI=1S/C28H28N6O5/c1-15-30-21-7-5-16(11-23(21)38-15)19-13-29-25-24(19)26(39-18-9-10-37-14-18)33-28(32-25)31-20-8-6-17(12-22(20)36-4)27(35)34(2)3/h5-8,11-13,18H,9-10,14H2,1-4H3,(H2,29,31,32,33). The van der Waals surface area contributed by atoms with E-state index in [4.69, 9.17) is 28.6 Å². The second-order valence-electron chi connectivity index (χ2n) is 9.54. The molecule has 1 aliphatic heterocycles. The van der Waals surface area contributed by atoms with E-state index in [0.29, 0.717) is 59.2 Å². The average molecular weight is 529 g/mol. The predicted octanol–water partition coefficient (Wildman–Crippen LogP) is 4.70. The number of oxazole rings is 1. The number of hydrogen-bond acceptors (Lipinski definition) is 9. The van der Waals surface area contributed by atoms with Gasteiger partial charge in [0.1, 0.15) is 23.0 Å². The number of aromatic amines is 1. The minimum Gasteiger partial charge on any atom is -0.495 e. The first-order chi connectivity index (χ1) is 18.9. The number of methoxy groups -OCH3 is 1. The largest absolute Gasteiger partial charge is 0.495 e. The molecule has 6 rings (SSSR count). The van der Waals surface area contributed by atoms with Crippen LogP contribution in [0.2, 0.25) is 0 Å². The van der Waals surface area contributed by atoms with Crippen LogP contribution < -0.4 is 14.8 Å². The van der Waals surface area contributed by atoms with Crippen LogP contribution in [-0.4, -0.2) is 71.3 Å². The zero-order chi connectivity index (χ0) is 27.1. The van der Waals surface area contributed by atoms with E-state index in [2.05, 4.69) is 15.3 Å². The van der Waals surface area contributed by atoms with E-state index >= 15 is 0 Å². The second kappa shape index (κ2) is 9.91. The van der Waals surface area contributed by atoms with E-state index in [-0.39, 0.29) is 12.0 Å². The van der Waals surface area contributed by atoms with Gasteiger partial charge in [0.15, 0.2) is 11.5 Å². The molecule has 0 bridgehead atoms. The number of H-pyrrole nitrogens is 1. The van der Waals surface area contributed by atoms with Crippen molar-refractivity contribution in [2.24, 2.45) is 0 Å². The van der Waals surface area contributed by atoms with Gasteiger partial charge >= 0.3 is 0 Å². The summed E-state index contributed by atoms with van der Waals surface area (Å²) in [6.45, 7) is 2.96. The number of aromatic nitrogens is 4. The Labute approximate surface area is 224 Å². The van der Waals surface area contributed by atoms with E-state index in [1.54, 1.807) is 39.4 Å². The molecular formula is C28H28N6O5. The van der Waals surface area contributed by atoms with Gasteiger partial charge in [-0.05, 0) is 35.9 Å². The Balaban J connectivity index is 1.41. The molecule has 1 amide bonds. The molecule has 11 heteroatoms. The lowest BCUT2D eigenvalue weighted by Crippen LogP contribution is -2.21. The summed E-state index contributed by atoms with van der Waals surface area (Å²) in [6.07, 6.45) is 2.53. The normalized spacial score (nSPS) is 15.1. The third kappa shape index (κ3) is 4.72. The third-order valence-electron chi connectivity index (χ3n) is 6.57. The molecule has 39 heavy (non-hydrogen) atoms. The number of ether oxygens (including phenoxy) is 3. The zero-order valence-corrected chi connectivity index (χ0v) is 22.1. The molecule has 0 aliphatic carbocycles. The number of benzene rings is 2. The molecule has 0 radical (unpaired) electrons. The van der Waals surface area contributed by atoms with Gasteiger partial charge in [-0.25, -0.2) is 4.98 Å². The summed E-state index contributed by atoms with van der Waals surface area (Å²) < 4.78 is 23.2. The number of anilines is 2. The number of carbonyl (C=O) groups is 1. The van der Waals surface area contributed by atoms with Crippen LogP contribution in [0, 0.1) is 6.92 Å². The molecular weight excluding hydrogens is 500 g/mol. The lowest BCUT2D eigenvalue weighted by atomic mass is 10.1. The fourth-order valence-corrected chi connectivity index (χ4v) is 4.65. The topological polar surface area (TPSA) is 128 Å². The SMILES string of the molecule is COc1cc(C(=O)N(C)C)ccc1Nc1nc(OC2CCOC2)c2c(-c3ccc4nc(C)oc4c3)c[nH]c2n1. The van der Waals surface area contributed by atoms with Gasteiger partial charge in [-0.3, -0.25) is 4.79 Å². The van der Waals surface area contributed by atoms with Crippen LogP contribution >= 0.6 is 0 Å². The Morgan fingerprint density at radius 3 is 2.79 bits per heavy atom. The number of fused-ring (bicyclic) bond motifs is 2. The van der Waals surface area contributed by atoms with E-state index in [1.165, 1.54) is 4.90 Å². The lowest BCUT2D eigenvalue weighted by molar-refractivity contribution is 0.0827. The van der Waals surface area contributed by atoms with Gasteiger partial charge in [0.05, 0.1) is 31.4 Å². The molecule has 4 heterocycles. The minimum absolute atomic E-state index is 0.121. The summed E-state index contributed by atoms with van der Waals surface area (Å²) in [5, 5.41) is 3.98. The zero-order valence-electron chi connectivity index (χ0n) is 22.1. The monoisotopic (exact) mass is 528 g/mol. The molecule has 1 fully saturated rings. The van der Waals surface area contributed by atoms with Crippen molar-refractivity contribution in [2.75, 3.05) is 39.7 Å². The molecule has 200 valence electrons. The fourth-order valence-electron chi connectivity index (χ4n) is 4.65. The smallest absolute Gasteiger partial charge is 0.253 e. The Hall–Kier alpha value is -4.64. The van der Waals surface area contributed by atoms with E-state index in [1.807, 2.05) is 31.3 Å². The van der Waals surface area contributed by atoms with Gasteiger partial charge in [-0.1, -0.05) is 6.07 Å². The maximum absolute atomic E-state index is 12.4. The van der Waals surface area contributed by atoms with E-state index in [9.17, 15) is 4.79 Å². The summed E-state index contributed by atoms with van der Waals surface area (Å²) in [4.78, 5) is 31.1. The number of carbonyl (C=O) groups excluding carboxylic acids is 1. The second-order valence-corrected chi connectivity index (χ2v) is 9.54. The highest BCUT2D eigenvalue weighted by Crippen LogP contribution is 2.37. The van der Waals surface area contributed by atoms with Crippen molar-refractivity contribution in [1.29, 1.82) is 0 Å². The Bertz CT molecular complexity index is 1690. The van der Waals surface area contributed by atoms with Crippen molar-refractivity contribution in [1.82, 2.24) is 24.8 Å². The molecule has 1 unspecified atom stereocenters. The highest BCUT2D eigenvalue weighted by Gasteiger charge is 2.23. The van der Waals surface area contributed by atoms with Gasteiger partial charge < -0.3 is 33.8 Å². The number of nitrogens with one attached hydrogen (secondary N) is 2. The lowest BCUT2D eigenvalue weighted by Gasteiger charge is -2.16. The Kier molecular flexibility index (Phi) is 6.27. The third-order valence-corrected chi connectivity index (χ3v) is 6.57. The van der Waals surface area contributed by atoms with Crippen LogP contribution in [0.25, 0.3) is 33.3 Å². The number of aryl methyl sites for hydroxylation is 1. The average Bonchev–Trinajstić information content (AvgIpc) is 3.67. The van der Waals surface area contributed by atoms with Crippen LogP contribution in [0.1, 0.15) is 22.7 Å². The summed E-state index contributed by atoms with van der Waals surface area (Å²) in [5.74, 6) is 1.72. The van der Waals surface area contributed by atoms with Gasteiger partial charge in [0, 0.05) is 44.8 Å². The van der Waals surface area contributed by atoms with Crippen molar-refractivity contribution >= 4 is 39.7 Å². The molecule has 3 aromatic heterocycles. The van der Waals surface area contributed by atoms with Crippen molar-refractivity contribution < 1.29 is 23.4 Å². The number of rotatable bonds is 7. The van der Waals surface area contributed by atoms with E-state index < -0.39 is 0 Å². The summed E-state index contributed by atoms with van der Waals surface area (Å²) >= 11 is 0. The van der Waals surface area contributed by atoms with Gasteiger partial charge in [-0.15, -0.1) is 0 Å². The molecule has 0 spiro atoms. The molecule has 5 aromatic rings. The van der Waals surface area contributed by atoms with Crippen LogP contribution in [0.5, 0.6) is 11.6 Å². The Morgan fingerprint density at radius 1 is 1.15 bits per heavy atom. The van der Waals surface area contributed by atoms with Crippen LogP contribution in [0.15, 0.2) is 47.0 Å². The highest BCUT2D eigenvalue weighted by molar-refractivity contribution is 5.99. The van der Waals surface area contributed by atoms with Crippen molar-refractivity contribution in [3.05, 3.63) is 54.0 Å². The summed E-state index contributed by atoms with van der Waals surface area (Å²) in [5.41, 5.74) is 5.02. The van der Waals surface area contributed by atoms with Gasteiger partial charge in [0.2, 0.25) is 11.8 Å². The molecule has 2 N–H and O–H groups in total. The summed E-state index contributed by atoms with van der Waals surface area (Å²) in [6, 6.07) is 11.1. The van der Waals surface area contributed by atoms with Crippen molar-refractivity contribution in [2.45, 2.75) is 19.4 Å². The van der Waals surface area contributed by atoms with Crippen molar-refractivity contribution in [3.8, 4) is 22.8 Å². The molecule has 1 saturated heterocycles. The van der Waals surface area contributed by atoms with Gasteiger partial charge in [-0.2, -0.15) is 9.97 Å². The molecule has 2 aromatic carbocycles. The molecule has 1 atom stereocenters.